The molecule has 192 valence electrons. The van der Waals surface area contributed by atoms with E-state index in [2.05, 4.69) is 20.1 Å². The third-order valence-electron chi connectivity index (χ3n) is 5.07. The molecule has 0 atom stereocenters. The van der Waals surface area contributed by atoms with Crippen LogP contribution < -0.4 is 20.3 Å². The Morgan fingerprint density at radius 3 is 2.54 bits per heavy atom. The normalized spacial score (nSPS) is 14.5. The van der Waals surface area contributed by atoms with Crippen LogP contribution in [0.15, 0.2) is 65.1 Å². The summed E-state index contributed by atoms with van der Waals surface area (Å²) in [5.41, 5.74) is -0.106. The molecular formula is C24H18F5N5O3. The van der Waals surface area contributed by atoms with Gasteiger partial charge in [-0.3, -0.25) is 4.79 Å². The van der Waals surface area contributed by atoms with E-state index in [9.17, 15) is 26.7 Å². The molecule has 0 amide bonds. The van der Waals surface area contributed by atoms with Gasteiger partial charge in [0.1, 0.15) is 16.8 Å². The zero-order chi connectivity index (χ0) is 26.7. The number of benzene rings is 1. The largest absolute Gasteiger partial charge is 0.470 e. The highest BCUT2D eigenvalue weighted by molar-refractivity contribution is 6.12. The lowest BCUT2D eigenvalue weighted by atomic mass is 10.0. The Kier molecular flexibility index (Phi) is 7.32. The second kappa shape index (κ2) is 10.6. The van der Waals surface area contributed by atoms with Gasteiger partial charge in [-0.25, -0.2) is 18.2 Å². The van der Waals surface area contributed by atoms with E-state index in [1.165, 1.54) is 48.7 Å². The zero-order valence-corrected chi connectivity index (χ0v) is 19.0. The van der Waals surface area contributed by atoms with Crippen molar-refractivity contribution in [1.82, 2.24) is 20.1 Å². The van der Waals surface area contributed by atoms with Crippen LogP contribution in [0.5, 0.6) is 11.6 Å². The number of hydrogen-bond acceptors (Lipinski definition) is 7. The number of alkyl halides is 4. The first-order valence-electron chi connectivity index (χ1n) is 10.6. The molecule has 4 rings (SSSR count). The van der Waals surface area contributed by atoms with E-state index in [4.69, 9.17) is 10.1 Å². The summed E-state index contributed by atoms with van der Waals surface area (Å²) in [6.07, 6.45) is 3.05. The maximum Gasteiger partial charge on any atom is 0.387 e. The minimum atomic E-state index is -3.06. The summed E-state index contributed by atoms with van der Waals surface area (Å²) in [5, 5.41) is 15.0. The molecule has 0 spiro atoms. The van der Waals surface area contributed by atoms with E-state index >= 15 is 0 Å². The Labute approximate surface area is 205 Å². The first kappa shape index (κ1) is 25.5. The summed E-state index contributed by atoms with van der Waals surface area (Å²) in [5.74, 6) is -2.01. The number of aromatic nitrogens is 3. The number of halogens is 5. The van der Waals surface area contributed by atoms with E-state index in [0.29, 0.717) is 5.57 Å². The monoisotopic (exact) mass is 519 g/mol. The van der Waals surface area contributed by atoms with Crippen molar-refractivity contribution in [3.05, 3.63) is 76.5 Å². The van der Waals surface area contributed by atoms with Crippen LogP contribution in [-0.4, -0.2) is 47.2 Å². The van der Waals surface area contributed by atoms with E-state index in [0.717, 1.165) is 10.7 Å². The molecule has 0 radical (unpaired) electrons. The van der Waals surface area contributed by atoms with Crippen LogP contribution in [0.1, 0.15) is 0 Å². The van der Waals surface area contributed by atoms with Gasteiger partial charge < -0.3 is 20.2 Å². The molecule has 37 heavy (non-hydrogen) atoms. The number of pyridine rings is 1. The molecule has 3 aromatic rings. The fraction of sp³-hybridized carbons (Fsp3) is 0.167. The highest BCUT2D eigenvalue weighted by Crippen LogP contribution is 2.29. The highest BCUT2D eigenvalue weighted by Gasteiger charge is 2.21. The molecule has 0 fully saturated rings. The SMILES string of the molecule is CN/C=C1/C=C(n2nc3cc(F)c(OCC(F)F)nc3c(-c3ccc(OC(F)F)cc3)c2=O)C=CC1=N. The van der Waals surface area contributed by atoms with Crippen LogP contribution in [0.2, 0.25) is 0 Å². The second-order valence-electron chi connectivity index (χ2n) is 7.54. The average Bonchev–Trinajstić information content (AvgIpc) is 2.84. The number of nitrogens with zero attached hydrogens (tertiary/aromatic N) is 3. The van der Waals surface area contributed by atoms with E-state index in [-0.39, 0.29) is 39.3 Å². The quantitative estimate of drug-likeness (QED) is 0.429. The second-order valence-corrected chi connectivity index (χ2v) is 7.54. The topological polar surface area (TPSA) is 102 Å². The molecule has 0 saturated heterocycles. The molecule has 1 aliphatic carbocycles. The lowest BCUT2D eigenvalue weighted by molar-refractivity contribution is -0.0498. The minimum absolute atomic E-state index is 0.112. The van der Waals surface area contributed by atoms with Crippen molar-refractivity contribution in [3.63, 3.8) is 0 Å². The Hall–Kier alpha value is -4.55. The van der Waals surface area contributed by atoms with E-state index in [1.807, 2.05) is 0 Å². The smallest absolute Gasteiger partial charge is 0.387 e. The van der Waals surface area contributed by atoms with Crippen molar-refractivity contribution in [2.24, 2.45) is 0 Å². The third-order valence-corrected chi connectivity index (χ3v) is 5.07. The van der Waals surface area contributed by atoms with Crippen molar-refractivity contribution in [3.8, 4) is 22.8 Å². The fourth-order valence-corrected chi connectivity index (χ4v) is 3.52. The molecule has 1 aromatic carbocycles. The fourth-order valence-electron chi connectivity index (χ4n) is 3.52. The molecule has 0 bridgehead atoms. The van der Waals surface area contributed by atoms with Crippen LogP contribution in [0.3, 0.4) is 0 Å². The molecule has 0 unspecified atom stereocenters. The number of fused-ring (bicyclic) bond motifs is 1. The van der Waals surface area contributed by atoms with Gasteiger partial charge in [-0.05, 0) is 35.9 Å². The van der Waals surface area contributed by atoms with Crippen molar-refractivity contribution in [2.45, 2.75) is 13.0 Å². The van der Waals surface area contributed by atoms with Crippen molar-refractivity contribution in [1.29, 1.82) is 5.41 Å². The molecule has 13 heteroatoms. The minimum Gasteiger partial charge on any atom is -0.470 e. The van der Waals surface area contributed by atoms with Crippen molar-refractivity contribution < 1.29 is 31.4 Å². The number of ether oxygens (including phenoxy) is 2. The van der Waals surface area contributed by atoms with Gasteiger partial charge >= 0.3 is 6.61 Å². The summed E-state index contributed by atoms with van der Waals surface area (Å²) < 4.78 is 75.1. The average molecular weight is 519 g/mol. The van der Waals surface area contributed by atoms with Crippen molar-refractivity contribution in [2.75, 3.05) is 13.7 Å². The standard InChI is InChI=1S/C24H18F5N5O3/c1-31-10-13-8-14(4-7-17(13)30)34-23(35)20(12-2-5-15(6-3-12)37-24(28)29)21-18(33-34)9-16(25)22(32-21)36-11-19(26)27/h2-10,19,24,30-31H,11H2,1H3/b13-10-,30-17?. The number of allylic oxidation sites excluding steroid dienone is 5. The lowest BCUT2D eigenvalue weighted by Crippen LogP contribution is -2.25. The van der Waals surface area contributed by atoms with Gasteiger partial charge in [0.2, 0.25) is 0 Å². The molecule has 0 aliphatic heterocycles. The van der Waals surface area contributed by atoms with Gasteiger partial charge in [-0.15, -0.1) is 0 Å². The Balaban J connectivity index is 1.95. The van der Waals surface area contributed by atoms with Crippen molar-refractivity contribution >= 4 is 22.4 Å². The van der Waals surface area contributed by atoms with Crippen LogP contribution in [0.4, 0.5) is 22.0 Å². The number of nitrogens with one attached hydrogen (secondary N) is 2. The van der Waals surface area contributed by atoms with Crippen LogP contribution >= 0.6 is 0 Å². The molecule has 2 N–H and O–H groups in total. The summed E-state index contributed by atoms with van der Waals surface area (Å²) in [4.78, 5) is 17.6. The summed E-state index contributed by atoms with van der Waals surface area (Å²) >= 11 is 0. The highest BCUT2D eigenvalue weighted by atomic mass is 19.3. The van der Waals surface area contributed by atoms with Gasteiger partial charge in [-0.2, -0.15) is 18.6 Å². The third kappa shape index (κ3) is 5.50. The predicted molar refractivity (Wildman–Crippen MR) is 126 cm³/mol. The lowest BCUT2D eigenvalue weighted by Gasteiger charge is -2.16. The van der Waals surface area contributed by atoms with Crippen LogP contribution in [0.25, 0.3) is 27.9 Å². The maximum atomic E-state index is 14.6. The number of hydrogen-bond donors (Lipinski definition) is 2. The molecule has 0 saturated carbocycles. The predicted octanol–water partition coefficient (Wildman–Crippen LogP) is 4.38. The Morgan fingerprint density at radius 1 is 1.16 bits per heavy atom. The van der Waals surface area contributed by atoms with Gasteiger partial charge in [0.05, 0.1) is 17.0 Å². The van der Waals surface area contributed by atoms with E-state index in [1.54, 1.807) is 7.05 Å². The zero-order valence-electron chi connectivity index (χ0n) is 19.0. The molecule has 1 aliphatic rings. The first-order chi connectivity index (χ1) is 17.7. The van der Waals surface area contributed by atoms with Gasteiger partial charge in [0.15, 0.2) is 12.4 Å². The van der Waals surface area contributed by atoms with Crippen LogP contribution in [-0.2, 0) is 0 Å². The Bertz CT molecular complexity index is 1500. The molecule has 8 nitrogen and oxygen atoms in total. The van der Waals surface area contributed by atoms with E-state index < -0.39 is 36.9 Å². The maximum absolute atomic E-state index is 14.6. The molecular weight excluding hydrogens is 501 g/mol. The van der Waals surface area contributed by atoms with Gasteiger partial charge in [-0.1, -0.05) is 12.1 Å². The Morgan fingerprint density at radius 2 is 1.89 bits per heavy atom. The number of rotatable bonds is 8. The summed E-state index contributed by atoms with van der Waals surface area (Å²) in [7, 11) is 1.63. The van der Waals surface area contributed by atoms with Gasteiger partial charge in [0, 0.05) is 24.9 Å². The molecule has 2 heterocycles. The summed E-state index contributed by atoms with van der Waals surface area (Å²) in [6.45, 7) is -4.19. The molecule has 2 aromatic heterocycles. The van der Waals surface area contributed by atoms with Gasteiger partial charge in [0.25, 0.3) is 17.9 Å². The first-order valence-corrected chi connectivity index (χ1v) is 10.6. The van der Waals surface area contributed by atoms with Crippen LogP contribution in [0, 0.1) is 11.2 Å². The summed E-state index contributed by atoms with van der Waals surface area (Å²) in [6, 6.07) is 5.91.